The fourth-order valence-corrected chi connectivity index (χ4v) is 4.54. The monoisotopic (exact) mass is 425 g/mol. The van der Waals surface area contributed by atoms with Gasteiger partial charge in [0.05, 0.1) is 5.69 Å². The molecule has 1 fully saturated rings. The van der Waals surface area contributed by atoms with E-state index in [-0.39, 0.29) is 25.0 Å². The number of anilines is 1. The largest absolute Gasteiger partial charge is 0.454 e. The van der Waals surface area contributed by atoms with Crippen molar-refractivity contribution in [2.24, 2.45) is 4.99 Å². The topological polar surface area (TPSA) is 80.2 Å². The van der Waals surface area contributed by atoms with Gasteiger partial charge in [-0.25, -0.2) is 4.99 Å². The fourth-order valence-electron chi connectivity index (χ4n) is 3.32. The van der Waals surface area contributed by atoms with Crippen molar-refractivity contribution in [3.8, 4) is 11.5 Å². The molecule has 4 rings (SSSR count). The maximum Gasteiger partial charge on any atom is 0.242 e. The lowest BCUT2D eigenvalue weighted by atomic mass is 10.1. The van der Waals surface area contributed by atoms with Gasteiger partial charge in [0.25, 0.3) is 0 Å². The average Bonchev–Trinajstić information content (AvgIpc) is 3.29. The van der Waals surface area contributed by atoms with Crippen LogP contribution in [0.1, 0.15) is 24.5 Å². The zero-order valence-electron chi connectivity index (χ0n) is 17.1. The van der Waals surface area contributed by atoms with Crippen LogP contribution in [-0.4, -0.2) is 40.5 Å². The second-order valence-corrected chi connectivity index (χ2v) is 8.36. The highest BCUT2D eigenvalue weighted by molar-refractivity contribution is 8.15. The number of rotatable bonds is 5. The van der Waals surface area contributed by atoms with Crippen molar-refractivity contribution >= 4 is 40.1 Å². The minimum atomic E-state index is -0.497. The third kappa shape index (κ3) is 4.14. The van der Waals surface area contributed by atoms with Gasteiger partial charge in [0.2, 0.25) is 18.6 Å². The molecule has 1 saturated heterocycles. The molecule has 1 atom stereocenters. The standard InChI is InChI=1S/C22H23N3O4S/c1-4-25-21(27)19(11-20(26)24-16-9-13(2)5-6-14(16)3)30-22(25)23-15-7-8-17-18(10-15)29-12-28-17/h5-10,19H,4,11-12H2,1-3H3,(H,24,26). The summed E-state index contributed by atoms with van der Waals surface area (Å²) in [5.74, 6) is 1.04. The summed E-state index contributed by atoms with van der Waals surface area (Å²) in [7, 11) is 0. The Balaban J connectivity index is 1.48. The number of aliphatic imine (C=N–C) groups is 1. The Kier molecular flexibility index (Phi) is 5.67. The van der Waals surface area contributed by atoms with E-state index in [0.717, 1.165) is 16.8 Å². The first kappa shape index (κ1) is 20.3. The van der Waals surface area contributed by atoms with Crippen LogP contribution in [0, 0.1) is 13.8 Å². The number of hydrogen-bond donors (Lipinski definition) is 1. The summed E-state index contributed by atoms with van der Waals surface area (Å²) in [5, 5.41) is 3.02. The number of thioether (sulfide) groups is 1. The Morgan fingerprint density at radius 2 is 2.00 bits per heavy atom. The molecule has 30 heavy (non-hydrogen) atoms. The van der Waals surface area contributed by atoms with Crippen molar-refractivity contribution in [3.63, 3.8) is 0 Å². The van der Waals surface area contributed by atoms with Gasteiger partial charge < -0.3 is 14.8 Å². The maximum atomic E-state index is 12.8. The minimum absolute atomic E-state index is 0.0908. The number of nitrogens with one attached hydrogen (secondary N) is 1. The molecule has 0 bridgehead atoms. The maximum absolute atomic E-state index is 12.8. The molecule has 1 unspecified atom stereocenters. The van der Waals surface area contributed by atoms with E-state index in [9.17, 15) is 9.59 Å². The first-order valence-electron chi connectivity index (χ1n) is 9.78. The number of amidine groups is 1. The van der Waals surface area contributed by atoms with Gasteiger partial charge in [-0.15, -0.1) is 0 Å². The number of amides is 2. The summed E-state index contributed by atoms with van der Waals surface area (Å²) >= 11 is 1.32. The highest BCUT2D eigenvalue weighted by Gasteiger charge is 2.38. The van der Waals surface area contributed by atoms with Crippen molar-refractivity contribution in [1.82, 2.24) is 4.90 Å². The zero-order valence-corrected chi connectivity index (χ0v) is 17.9. The summed E-state index contributed by atoms with van der Waals surface area (Å²) in [6, 6.07) is 11.3. The van der Waals surface area contributed by atoms with E-state index in [2.05, 4.69) is 10.3 Å². The average molecular weight is 426 g/mol. The van der Waals surface area contributed by atoms with Crippen LogP contribution in [0.4, 0.5) is 11.4 Å². The molecule has 2 heterocycles. The lowest BCUT2D eigenvalue weighted by molar-refractivity contribution is -0.128. The summed E-state index contributed by atoms with van der Waals surface area (Å²) in [6.07, 6.45) is 0.0908. The second-order valence-electron chi connectivity index (χ2n) is 7.19. The summed E-state index contributed by atoms with van der Waals surface area (Å²) in [6.45, 7) is 6.50. The van der Waals surface area contributed by atoms with Crippen molar-refractivity contribution in [2.45, 2.75) is 32.4 Å². The molecule has 2 aliphatic rings. The van der Waals surface area contributed by atoms with E-state index in [1.165, 1.54) is 11.8 Å². The van der Waals surface area contributed by atoms with Crippen LogP contribution in [-0.2, 0) is 9.59 Å². The van der Waals surface area contributed by atoms with Crippen LogP contribution in [0.3, 0.4) is 0 Å². The molecule has 0 aliphatic carbocycles. The van der Waals surface area contributed by atoms with Crippen LogP contribution in [0.5, 0.6) is 11.5 Å². The van der Waals surface area contributed by atoms with Crippen molar-refractivity contribution in [3.05, 3.63) is 47.5 Å². The highest BCUT2D eigenvalue weighted by atomic mass is 32.2. The quantitative estimate of drug-likeness (QED) is 0.783. The predicted octanol–water partition coefficient (Wildman–Crippen LogP) is 4.01. The smallest absolute Gasteiger partial charge is 0.242 e. The molecule has 0 aromatic heterocycles. The number of ether oxygens (including phenoxy) is 2. The zero-order chi connectivity index (χ0) is 21.3. The number of benzene rings is 2. The molecule has 0 saturated carbocycles. The Labute approximate surface area is 179 Å². The van der Waals surface area contributed by atoms with Gasteiger partial charge >= 0.3 is 0 Å². The van der Waals surface area contributed by atoms with E-state index in [1.807, 2.05) is 45.0 Å². The van der Waals surface area contributed by atoms with Gasteiger partial charge in [-0.3, -0.25) is 14.5 Å². The third-order valence-corrected chi connectivity index (χ3v) is 6.13. The molecule has 0 radical (unpaired) electrons. The van der Waals surface area contributed by atoms with Crippen LogP contribution >= 0.6 is 11.8 Å². The molecule has 7 nitrogen and oxygen atoms in total. The molecule has 156 valence electrons. The van der Waals surface area contributed by atoms with Crippen LogP contribution in [0.2, 0.25) is 0 Å². The molecular formula is C22H23N3O4S. The summed E-state index contributed by atoms with van der Waals surface area (Å²) in [5.41, 5.74) is 3.50. The number of carbonyl (C=O) groups excluding carboxylic acids is 2. The van der Waals surface area contributed by atoms with Gasteiger partial charge in [0.15, 0.2) is 16.7 Å². The number of nitrogens with zero attached hydrogens (tertiary/aromatic N) is 2. The van der Waals surface area contributed by atoms with Crippen LogP contribution in [0.25, 0.3) is 0 Å². The molecular weight excluding hydrogens is 402 g/mol. The van der Waals surface area contributed by atoms with Crippen molar-refractivity contribution in [2.75, 3.05) is 18.7 Å². The fraction of sp³-hybridized carbons (Fsp3) is 0.318. The first-order valence-corrected chi connectivity index (χ1v) is 10.7. The van der Waals surface area contributed by atoms with Gasteiger partial charge in [-0.05, 0) is 50.1 Å². The number of hydrogen-bond acceptors (Lipinski definition) is 6. The van der Waals surface area contributed by atoms with E-state index >= 15 is 0 Å². The summed E-state index contributed by atoms with van der Waals surface area (Å²) in [4.78, 5) is 31.7. The number of fused-ring (bicyclic) bond motifs is 1. The van der Waals surface area contributed by atoms with Gasteiger partial charge in [0.1, 0.15) is 5.25 Å². The number of aryl methyl sites for hydroxylation is 2. The van der Waals surface area contributed by atoms with Crippen molar-refractivity contribution in [1.29, 1.82) is 0 Å². The van der Waals surface area contributed by atoms with E-state index in [4.69, 9.17) is 9.47 Å². The SMILES string of the molecule is CCN1C(=O)C(CC(=O)Nc2cc(C)ccc2C)SC1=Nc1ccc2c(c1)OCO2. The second kappa shape index (κ2) is 8.39. The van der Waals surface area contributed by atoms with E-state index < -0.39 is 5.25 Å². The van der Waals surface area contributed by atoms with Gasteiger partial charge in [-0.2, -0.15) is 0 Å². The predicted molar refractivity (Wildman–Crippen MR) is 118 cm³/mol. The van der Waals surface area contributed by atoms with Crippen LogP contribution in [0.15, 0.2) is 41.4 Å². The molecule has 1 N–H and O–H groups in total. The Morgan fingerprint density at radius 3 is 2.80 bits per heavy atom. The van der Waals surface area contributed by atoms with Gasteiger partial charge in [0, 0.05) is 24.7 Å². The Morgan fingerprint density at radius 1 is 1.20 bits per heavy atom. The van der Waals surface area contributed by atoms with E-state index in [0.29, 0.717) is 28.9 Å². The highest BCUT2D eigenvalue weighted by Crippen LogP contribution is 2.37. The lowest BCUT2D eigenvalue weighted by Crippen LogP contribution is -2.33. The normalized spacial score (nSPS) is 18.9. The Hall–Kier alpha value is -3.00. The molecule has 8 heteroatoms. The summed E-state index contributed by atoms with van der Waals surface area (Å²) < 4.78 is 10.7. The molecule has 2 aliphatic heterocycles. The molecule has 0 spiro atoms. The number of carbonyl (C=O) groups is 2. The van der Waals surface area contributed by atoms with Crippen LogP contribution < -0.4 is 14.8 Å². The lowest BCUT2D eigenvalue weighted by Gasteiger charge is -2.13. The minimum Gasteiger partial charge on any atom is -0.454 e. The Bertz CT molecular complexity index is 1040. The van der Waals surface area contributed by atoms with Crippen molar-refractivity contribution < 1.29 is 19.1 Å². The van der Waals surface area contributed by atoms with E-state index in [1.54, 1.807) is 17.0 Å². The first-order chi connectivity index (χ1) is 14.4. The molecule has 2 aromatic rings. The van der Waals surface area contributed by atoms with Gasteiger partial charge in [-0.1, -0.05) is 23.9 Å². The molecule has 2 amide bonds. The molecule has 2 aromatic carbocycles. The third-order valence-electron chi connectivity index (χ3n) is 4.96.